The van der Waals surface area contributed by atoms with E-state index in [1.165, 1.54) is 0 Å². The summed E-state index contributed by atoms with van der Waals surface area (Å²) in [6.45, 7) is 0.808. The molecule has 3 amide bonds. The molecule has 3 fully saturated rings. The molecule has 7 heteroatoms. The molecule has 128 valence electrons. The first-order chi connectivity index (χ1) is 11.0. The Morgan fingerprint density at radius 1 is 1.04 bits per heavy atom. The van der Waals surface area contributed by atoms with E-state index in [1.807, 2.05) is 4.90 Å². The second-order valence-corrected chi connectivity index (χ2v) is 6.97. The fourth-order valence-corrected chi connectivity index (χ4v) is 4.10. The predicted octanol–water partition coefficient (Wildman–Crippen LogP) is 1.08. The lowest BCUT2D eigenvalue weighted by molar-refractivity contribution is -0.142. The number of hydrogen-bond donors (Lipinski definition) is 3. The van der Waals surface area contributed by atoms with Crippen LogP contribution in [0.1, 0.15) is 51.4 Å². The van der Waals surface area contributed by atoms with Gasteiger partial charge in [-0.1, -0.05) is 0 Å². The van der Waals surface area contributed by atoms with Crippen molar-refractivity contribution in [3.05, 3.63) is 0 Å². The summed E-state index contributed by atoms with van der Waals surface area (Å²) < 4.78 is 0. The van der Waals surface area contributed by atoms with Gasteiger partial charge >= 0.3 is 12.0 Å². The lowest BCUT2D eigenvalue weighted by Crippen LogP contribution is -2.50. The normalized spacial score (nSPS) is 33.9. The molecule has 1 saturated carbocycles. The molecule has 0 aromatic carbocycles. The van der Waals surface area contributed by atoms with Gasteiger partial charge in [-0.2, -0.15) is 0 Å². The third-order valence-corrected chi connectivity index (χ3v) is 5.43. The first-order valence-electron chi connectivity index (χ1n) is 8.65. The van der Waals surface area contributed by atoms with Crippen LogP contribution in [0.25, 0.3) is 0 Å². The van der Waals surface area contributed by atoms with Crippen molar-refractivity contribution in [2.75, 3.05) is 6.54 Å². The number of carboxylic acids is 1. The molecule has 0 radical (unpaired) electrons. The summed E-state index contributed by atoms with van der Waals surface area (Å²) in [4.78, 5) is 37.3. The van der Waals surface area contributed by atoms with Crippen LogP contribution in [0.15, 0.2) is 0 Å². The third-order valence-electron chi connectivity index (χ3n) is 5.43. The minimum absolute atomic E-state index is 0.00434. The third kappa shape index (κ3) is 3.59. The molecule has 0 spiro atoms. The van der Waals surface area contributed by atoms with E-state index in [1.54, 1.807) is 0 Å². The average molecular weight is 323 g/mol. The van der Waals surface area contributed by atoms with Gasteiger partial charge in [0.05, 0.1) is 5.92 Å². The molecule has 1 aliphatic carbocycles. The van der Waals surface area contributed by atoms with E-state index >= 15 is 0 Å². The van der Waals surface area contributed by atoms with Gasteiger partial charge in [0.1, 0.15) is 6.04 Å². The van der Waals surface area contributed by atoms with E-state index in [9.17, 15) is 14.4 Å². The molecule has 3 aliphatic rings. The van der Waals surface area contributed by atoms with E-state index in [0.717, 1.165) is 25.8 Å². The Morgan fingerprint density at radius 3 is 2.43 bits per heavy atom. The Labute approximate surface area is 135 Å². The van der Waals surface area contributed by atoms with Crippen LogP contribution in [0.2, 0.25) is 0 Å². The first kappa shape index (κ1) is 16.1. The zero-order valence-electron chi connectivity index (χ0n) is 13.3. The number of hydrogen-bond acceptors (Lipinski definition) is 3. The van der Waals surface area contributed by atoms with Gasteiger partial charge in [-0.15, -0.1) is 0 Å². The van der Waals surface area contributed by atoms with Crippen molar-refractivity contribution < 1.29 is 19.5 Å². The highest BCUT2D eigenvalue weighted by Gasteiger charge is 2.41. The van der Waals surface area contributed by atoms with Crippen molar-refractivity contribution in [3.63, 3.8) is 0 Å². The summed E-state index contributed by atoms with van der Waals surface area (Å²) >= 11 is 0. The molecule has 0 aromatic heterocycles. The Balaban J connectivity index is 1.45. The summed E-state index contributed by atoms with van der Waals surface area (Å²) in [7, 11) is 0. The largest absolute Gasteiger partial charge is 0.481 e. The van der Waals surface area contributed by atoms with Crippen LogP contribution in [0.5, 0.6) is 0 Å². The molecule has 2 unspecified atom stereocenters. The molecule has 0 aromatic rings. The van der Waals surface area contributed by atoms with Crippen molar-refractivity contribution in [3.8, 4) is 0 Å². The van der Waals surface area contributed by atoms with Gasteiger partial charge < -0.3 is 20.6 Å². The van der Waals surface area contributed by atoms with Crippen molar-refractivity contribution in [1.29, 1.82) is 0 Å². The van der Waals surface area contributed by atoms with Gasteiger partial charge in [0.2, 0.25) is 5.91 Å². The molecule has 0 bridgehead atoms. The number of carbonyl (C=O) groups is 3. The number of rotatable bonds is 3. The van der Waals surface area contributed by atoms with Crippen molar-refractivity contribution >= 4 is 17.9 Å². The van der Waals surface area contributed by atoms with Gasteiger partial charge in [0.15, 0.2) is 0 Å². The fraction of sp³-hybridized carbons (Fsp3) is 0.812. The van der Waals surface area contributed by atoms with Crippen LogP contribution in [0.4, 0.5) is 4.79 Å². The lowest BCUT2D eigenvalue weighted by Gasteiger charge is -2.29. The second kappa shape index (κ2) is 6.76. The van der Waals surface area contributed by atoms with Gasteiger partial charge in [0.25, 0.3) is 0 Å². The van der Waals surface area contributed by atoms with Crippen molar-refractivity contribution in [2.24, 2.45) is 5.92 Å². The van der Waals surface area contributed by atoms with Crippen LogP contribution >= 0.6 is 0 Å². The van der Waals surface area contributed by atoms with Crippen molar-refractivity contribution in [2.45, 2.75) is 69.5 Å². The Kier molecular flexibility index (Phi) is 4.73. The van der Waals surface area contributed by atoms with E-state index in [0.29, 0.717) is 32.1 Å². The summed E-state index contributed by atoms with van der Waals surface area (Å²) in [6, 6.07) is -0.423. The zero-order valence-corrected chi connectivity index (χ0v) is 13.3. The number of aliphatic carboxylic acids is 1. The summed E-state index contributed by atoms with van der Waals surface area (Å²) in [5, 5.41) is 14.7. The van der Waals surface area contributed by atoms with E-state index in [2.05, 4.69) is 10.6 Å². The number of urea groups is 1. The number of carbonyl (C=O) groups excluding carboxylic acids is 2. The predicted molar refractivity (Wildman–Crippen MR) is 82.8 cm³/mol. The Morgan fingerprint density at radius 2 is 1.78 bits per heavy atom. The molecule has 2 atom stereocenters. The molecular weight excluding hydrogens is 298 g/mol. The highest BCUT2D eigenvalue weighted by molar-refractivity contribution is 5.89. The average Bonchev–Trinajstić information content (AvgIpc) is 2.84. The number of carboxylic acid groups (broad SMARTS) is 1. The number of nitrogens with zero attached hydrogens (tertiary/aromatic N) is 1. The molecule has 3 rings (SSSR count). The smallest absolute Gasteiger partial charge is 0.315 e. The summed E-state index contributed by atoms with van der Waals surface area (Å²) in [6.07, 6.45) is 6.49. The minimum Gasteiger partial charge on any atom is -0.481 e. The number of piperidine rings is 1. The summed E-state index contributed by atoms with van der Waals surface area (Å²) in [5.41, 5.74) is 0. The summed E-state index contributed by atoms with van der Waals surface area (Å²) in [5.74, 6) is -0.996. The number of nitrogens with one attached hydrogen (secondary N) is 2. The van der Waals surface area contributed by atoms with E-state index in [4.69, 9.17) is 5.11 Å². The maximum atomic E-state index is 12.3. The SMILES string of the molecule is O=C(NC1CCC(C(=O)O)CC1)NC1CC2CCCCN2C1=O. The quantitative estimate of drug-likeness (QED) is 0.724. The van der Waals surface area contributed by atoms with E-state index < -0.39 is 12.0 Å². The Bertz CT molecular complexity index is 488. The molecular formula is C16H25N3O4. The van der Waals surface area contributed by atoms with Gasteiger partial charge in [-0.25, -0.2) is 4.79 Å². The zero-order chi connectivity index (χ0) is 16.4. The highest BCUT2D eigenvalue weighted by Crippen LogP contribution is 2.28. The van der Waals surface area contributed by atoms with Gasteiger partial charge in [0, 0.05) is 18.6 Å². The maximum Gasteiger partial charge on any atom is 0.315 e. The second-order valence-electron chi connectivity index (χ2n) is 6.97. The molecule has 3 N–H and O–H groups in total. The molecule has 23 heavy (non-hydrogen) atoms. The highest BCUT2D eigenvalue weighted by atomic mass is 16.4. The first-order valence-corrected chi connectivity index (χ1v) is 8.65. The lowest BCUT2D eigenvalue weighted by atomic mass is 9.86. The number of fused-ring (bicyclic) bond motifs is 1. The standard InChI is InChI=1S/C16H25N3O4/c20-14-13(9-12-3-1-2-8-19(12)14)18-16(23)17-11-6-4-10(5-7-11)15(21)22/h10-13H,1-9H2,(H,21,22)(H2,17,18,23). The van der Waals surface area contributed by atoms with Crippen LogP contribution in [-0.2, 0) is 9.59 Å². The van der Waals surface area contributed by atoms with Crippen molar-refractivity contribution in [1.82, 2.24) is 15.5 Å². The van der Waals surface area contributed by atoms with Gasteiger partial charge in [-0.05, 0) is 51.4 Å². The topological polar surface area (TPSA) is 98.7 Å². The van der Waals surface area contributed by atoms with Crippen LogP contribution in [-0.4, -0.2) is 52.6 Å². The maximum absolute atomic E-state index is 12.3. The number of amides is 3. The molecule has 2 aliphatic heterocycles. The monoisotopic (exact) mass is 323 g/mol. The molecule has 2 saturated heterocycles. The molecule has 7 nitrogen and oxygen atoms in total. The van der Waals surface area contributed by atoms with Crippen LogP contribution < -0.4 is 10.6 Å². The van der Waals surface area contributed by atoms with Gasteiger partial charge in [-0.3, -0.25) is 9.59 Å². The fourth-order valence-electron chi connectivity index (χ4n) is 4.10. The molecule has 2 heterocycles. The Hall–Kier alpha value is -1.79. The minimum atomic E-state index is -0.749. The van der Waals surface area contributed by atoms with Crippen LogP contribution in [0.3, 0.4) is 0 Å². The van der Waals surface area contributed by atoms with E-state index in [-0.39, 0.29) is 29.9 Å². The van der Waals surface area contributed by atoms with Crippen LogP contribution in [0, 0.1) is 5.92 Å².